The SMILES string of the molecule is CNS(=O)(=O)c1ccc(C(C)=NNc2nc(Nc3ccccc3)nc(NN=C(C)c3ccc(S(=O)(=O)NC)cc3)c2-c2c(C)nn(C)c2C)cc1. The second kappa shape index (κ2) is 15.2. The zero-order valence-electron chi connectivity index (χ0n) is 29.1. The van der Waals surface area contributed by atoms with Crippen molar-refractivity contribution in [3.05, 3.63) is 101 Å². The number of hydrogen-bond donors (Lipinski definition) is 5. The van der Waals surface area contributed by atoms with E-state index >= 15 is 0 Å². The first-order valence-electron chi connectivity index (χ1n) is 15.7. The fourth-order valence-electron chi connectivity index (χ4n) is 5.09. The number of para-hydroxylation sites is 1. The maximum absolute atomic E-state index is 12.2. The van der Waals surface area contributed by atoms with Crippen molar-refractivity contribution in [3.8, 4) is 11.1 Å². The van der Waals surface area contributed by atoms with Crippen LogP contribution in [0.4, 0.5) is 23.3 Å². The van der Waals surface area contributed by atoms with E-state index in [1.165, 1.54) is 38.4 Å². The third-order valence-electron chi connectivity index (χ3n) is 8.06. The largest absolute Gasteiger partial charge is 0.324 e. The van der Waals surface area contributed by atoms with Gasteiger partial charge >= 0.3 is 0 Å². The first kappa shape index (κ1) is 36.8. The average Bonchev–Trinajstić information content (AvgIpc) is 3.39. The predicted octanol–water partition coefficient (Wildman–Crippen LogP) is 4.73. The van der Waals surface area contributed by atoms with Crippen LogP contribution < -0.4 is 25.6 Å². The molecule has 3 aromatic carbocycles. The summed E-state index contributed by atoms with van der Waals surface area (Å²) in [6.45, 7) is 7.40. The van der Waals surface area contributed by atoms with Gasteiger partial charge in [0.2, 0.25) is 26.0 Å². The second-order valence-electron chi connectivity index (χ2n) is 11.4. The summed E-state index contributed by atoms with van der Waals surface area (Å²) in [6, 6.07) is 22.2. The molecule has 5 N–H and O–H groups in total. The van der Waals surface area contributed by atoms with Crippen LogP contribution in [0.25, 0.3) is 11.1 Å². The van der Waals surface area contributed by atoms with Gasteiger partial charge < -0.3 is 5.32 Å². The molecule has 5 rings (SSSR count). The van der Waals surface area contributed by atoms with E-state index in [0.717, 1.165) is 22.6 Å². The van der Waals surface area contributed by atoms with Gasteiger partial charge in [0.15, 0.2) is 11.6 Å². The molecular weight excluding hydrogens is 691 g/mol. The number of benzene rings is 3. The number of nitrogens with one attached hydrogen (secondary N) is 5. The van der Waals surface area contributed by atoms with E-state index < -0.39 is 20.0 Å². The van der Waals surface area contributed by atoms with Gasteiger partial charge in [0.1, 0.15) is 0 Å². The van der Waals surface area contributed by atoms with Crippen LogP contribution in [0.15, 0.2) is 98.9 Å². The van der Waals surface area contributed by atoms with Crippen LogP contribution in [0.3, 0.4) is 0 Å². The Balaban J connectivity index is 1.61. The highest BCUT2D eigenvalue weighted by molar-refractivity contribution is 7.89. The number of hydrogen-bond acceptors (Lipinski definition) is 12. The summed E-state index contributed by atoms with van der Waals surface area (Å²) < 4.78 is 55.3. The lowest BCUT2D eigenvalue weighted by atomic mass is 10.0. The first-order valence-corrected chi connectivity index (χ1v) is 18.6. The molecule has 5 aromatic rings. The lowest BCUT2D eigenvalue weighted by Crippen LogP contribution is -2.18. The monoisotopic (exact) mass is 729 g/mol. The average molecular weight is 730 g/mol. The van der Waals surface area contributed by atoms with Crippen molar-refractivity contribution >= 4 is 54.7 Å². The molecule has 0 saturated heterocycles. The van der Waals surface area contributed by atoms with E-state index in [9.17, 15) is 16.8 Å². The zero-order chi connectivity index (χ0) is 36.9. The van der Waals surface area contributed by atoms with Crippen LogP contribution in [0.1, 0.15) is 36.4 Å². The lowest BCUT2D eigenvalue weighted by molar-refractivity contribution is 0.586. The molecule has 0 unspecified atom stereocenters. The van der Waals surface area contributed by atoms with Crippen LogP contribution in [0, 0.1) is 13.8 Å². The standard InChI is InChI=1S/C34H39N11O4S2/c1-21(25-13-17-28(18-14-25)50(46,47)35-5)40-42-32-31(30-23(3)44-45(7)24(30)4)33(39-34(38-32)37-27-11-9-8-10-12-27)43-41-22(2)26-15-19-29(20-16-26)51(48,49)36-6/h8-20,35-36H,1-7H3,(H3,37,38,39,42,43). The van der Waals surface area contributed by atoms with Gasteiger partial charge in [-0.2, -0.15) is 25.3 Å². The van der Waals surface area contributed by atoms with Crippen molar-refractivity contribution in [2.24, 2.45) is 17.3 Å². The number of nitrogens with zero attached hydrogens (tertiary/aromatic N) is 6. The van der Waals surface area contributed by atoms with Crippen molar-refractivity contribution in [2.75, 3.05) is 30.3 Å². The summed E-state index contributed by atoms with van der Waals surface area (Å²) in [5.74, 6) is 0.930. The minimum atomic E-state index is -3.59. The molecule has 2 heterocycles. The summed E-state index contributed by atoms with van der Waals surface area (Å²) in [6.07, 6.45) is 0. The molecule has 15 nitrogen and oxygen atoms in total. The fraction of sp³-hybridized carbons (Fsp3) is 0.206. The summed E-state index contributed by atoms with van der Waals surface area (Å²) in [7, 11) is -2.62. The Kier molecular flexibility index (Phi) is 10.9. The highest BCUT2D eigenvalue weighted by atomic mass is 32.2. The normalized spacial score (nSPS) is 12.5. The van der Waals surface area contributed by atoms with Gasteiger partial charge in [-0.25, -0.2) is 26.3 Å². The first-order chi connectivity index (χ1) is 24.2. The molecule has 17 heteroatoms. The number of anilines is 4. The van der Waals surface area contributed by atoms with E-state index in [-0.39, 0.29) is 15.7 Å². The highest BCUT2D eigenvalue weighted by Gasteiger charge is 2.23. The molecule has 0 bridgehead atoms. The van der Waals surface area contributed by atoms with E-state index in [1.807, 2.05) is 51.2 Å². The molecule has 0 fully saturated rings. The van der Waals surface area contributed by atoms with E-state index in [2.05, 4.69) is 40.9 Å². The third kappa shape index (κ3) is 8.29. The molecule has 51 heavy (non-hydrogen) atoms. The molecule has 0 aliphatic rings. The molecule has 266 valence electrons. The second-order valence-corrected chi connectivity index (χ2v) is 15.1. The highest BCUT2D eigenvalue weighted by Crippen LogP contribution is 2.38. The summed E-state index contributed by atoms with van der Waals surface area (Å²) in [5.41, 5.74) is 12.4. The maximum atomic E-state index is 12.2. The Morgan fingerprint density at radius 1 is 0.667 bits per heavy atom. The minimum Gasteiger partial charge on any atom is -0.324 e. The smallest absolute Gasteiger partial charge is 0.240 e. The molecule has 2 aromatic heterocycles. The fourth-order valence-corrected chi connectivity index (χ4v) is 6.55. The summed E-state index contributed by atoms with van der Waals surface area (Å²) in [4.78, 5) is 9.93. The van der Waals surface area contributed by atoms with Gasteiger partial charge in [0.05, 0.1) is 32.5 Å². The molecule has 0 saturated carbocycles. The molecule has 0 aliphatic heterocycles. The molecule has 0 aliphatic carbocycles. The quantitative estimate of drug-likeness (QED) is 0.0835. The molecule has 0 atom stereocenters. The number of hydrazone groups is 2. The maximum Gasteiger partial charge on any atom is 0.240 e. The van der Waals surface area contributed by atoms with Gasteiger partial charge in [0.25, 0.3) is 0 Å². The summed E-state index contributed by atoms with van der Waals surface area (Å²) in [5, 5.41) is 17.1. The van der Waals surface area contributed by atoms with Crippen LogP contribution in [0.5, 0.6) is 0 Å². The van der Waals surface area contributed by atoms with E-state index in [0.29, 0.717) is 39.7 Å². The molecular formula is C34H39N11O4S2. The van der Waals surface area contributed by atoms with Gasteiger partial charge in [0, 0.05) is 24.0 Å². The number of rotatable bonds is 13. The van der Waals surface area contributed by atoms with Crippen LogP contribution >= 0.6 is 0 Å². The van der Waals surface area contributed by atoms with Crippen molar-refractivity contribution in [3.63, 3.8) is 0 Å². The van der Waals surface area contributed by atoms with Crippen molar-refractivity contribution < 1.29 is 16.8 Å². The van der Waals surface area contributed by atoms with Crippen molar-refractivity contribution in [1.82, 2.24) is 29.2 Å². The number of aromatic nitrogens is 4. The zero-order valence-corrected chi connectivity index (χ0v) is 30.8. The number of aryl methyl sites for hydroxylation is 2. The van der Waals surface area contributed by atoms with Gasteiger partial charge in [-0.15, -0.1) is 0 Å². The van der Waals surface area contributed by atoms with Crippen LogP contribution in [-0.2, 0) is 27.1 Å². The van der Waals surface area contributed by atoms with Gasteiger partial charge in [-0.1, -0.05) is 42.5 Å². The molecule has 0 radical (unpaired) electrons. The molecule has 0 spiro atoms. The van der Waals surface area contributed by atoms with Gasteiger partial charge in [-0.3, -0.25) is 15.5 Å². The Labute approximate surface area is 297 Å². The Morgan fingerprint density at radius 2 is 1.12 bits per heavy atom. The van der Waals surface area contributed by atoms with Crippen LogP contribution in [0.2, 0.25) is 0 Å². The van der Waals surface area contributed by atoms with E-state index in [1.54, 1.807) is 42.8 Å². The van der Waals surface area contributed by atoms with Gasteiger partial charge in [-0.05, 0) is 89.3 Å². The summed E-state index contributed by atoms with van der Waals surface area (Å²) >= 11 is 0. The lowest BCUT2D eigenvalue weighted by Gasteiger charge is -2.16. The Morgan fingerprint density at radius 3 is 1.51 bits per heavy atom. The van der Waals surface area contributed by atoms with Crippen LogP contribution in [-0.4, -0.2) is 62.1 Å². The Bertz CT molecular complexity index is 2210. The topological polar surface area (TPSA) is 197 Å². The third-order valence-corrected chi connectivity index (χ3v) is 10.9. The minimum absolute atomic E-state index is 0.136. The predicted molar refractivity (Wildman–Crippen MR) is 200 cm³/mol. The van der Waals surface area contributed by atoms with Crippen molar-refractivity contribution in [1.29, 1.82) is 0 Å². The number of sulfonamides is 2. The Hall–Kier alpha value is -5.49. The molecule has 0 amide bonds. The van der Waals surface area contributed by atoms with Crippen molar-refractivity contribution in [2.45, 2.75) is 37.5 Å². The van der Waals surface area contributed by atoms with E-state index in [4.69, 9.17) is 9.97 Å².